The van der Waals surface area contributed by atoms with Gasteiger partial charge < -0.3 is 0 Å². The van der Waals surface area contributed by atoms with Gasteiger partial charge in [0.15, 0.2) is 0 Å². The zero-order valence-corrected chi connectivity index (χ0v) is 34.5. The van der Waals surface area contributed by atoms with E-state index in [9.17, 15) is 0 Å². The van der Waals surface area contributed by atoms with E-state index in [4.69, 9.17) is 0 Å². The van der Waals surface area contributed by atoms with Crippen LogP contribution in [0.1, 0.15) is 159 Å². The normalized spacial score (nSPS) is 13.2. The van der Waals surface area contributed by atoms with Crippen LogP contribution in [-0.2, 0) is 12.8 Å². The number of hydrogen-bond donors (Lipinski definition) is 0. The molecule has 0 spiro atoms. The molecule has 0 aliphatic rings. The van der Waals surface area contributed by atoms with Crippen LogP contribution >= 0.6 is 45.3 Å². The molecule has 1 aromatic carbocycles. The van der Waals surface area contributed by atoms with Gasteiger partial charge in [0.2, 0.25) is 0 Å². The Bertz CT molecular complexity index is 1630. The Morgan fingerprint density at radius 3 is 1.41 bits per heavy atom. The minimum Gasteiger partial charge on any atom is -0.142 e. The number of unbranched alkanes of at least 4 members (excludes halogenated alkanes) is 13. The largest absolute Gasteiger partial charge is 0.142 e. The molecule has 0 aliphatic carbocycles. The molecule has 0 saturated carbocycles. The molecule has 0 fully saturated rings. The van der Waals surface area contributed by atoms with Gasteiger partial charge in [0.05, 0.1) is 9.40 Å². The Morgan fingerprint density at radius 2 is 0.898 bits per heavy atom. The summed E-state index contributed by atoms with van der Waals surface area (Å²) in [7, 11) is 0. The van der Waals surface area contributed by atoms with Crippen LogP contribution in [0.3, 0.4) is 0 Å². The molecule has 0 amide bonds. The first-order valence-corrected chi connectivity index (χ1v) is 23.6. The molecule has 2 atom stereocenters. The van der Waals surface area contributed by atoms with Gasteiger partial charge in [-0.25, -0.2) is 0 Å². The van der Waals surface area contributed by atoms with Crippen molar-refractivity contribution in [2.45, 2.75) is 163 Å². The number of fused-ring (bicyclic) bond motifs is 3. The van der Waals surface area contributed by atoms with E-state index in [-0.39, 0.29) is 0 Å². The van der Waals surface area contributed by atoms with Gasteiger partial charge >= 0.3 is 0 Å². The minimum atomic E-state index is 0.753. The van der Waals surface area contributed by atoms with E-state index in [1.165, 1.54) is 176 Å². The molecule has 0 radical (unpaired) electrons. The molecule has 268 valence electrons. The molecule has 49 heavy (non-hydrogen) atoms. The van der Waals surface area contributed by atoms with Crippen LogP contribution in [0.4, 0.5) is 0 Å². The Balaban J connectivity index is 1.35. The third kappa shape index (κ3) is 11.3. The van der Waals surface area contributed by atoms with Crippen LogP contribution in [0.5, 0.6) is 0 Å². The summed E-state index contributed by atoms with van der Waals surface area (Å²) in [6.07, 6.45) is 28.9. The second-order valence-electron chi connectivity index (χ2n) is 15.0. The van der Waals surface area contributed by atoms with Gasteiger partial charge in [-0.05, 0) is 71.8 Å². The molecule has 2 unspecified atom stereocenters. The maximum absolute atomic E-state index is 2.49. The molecule has 5 aromatic rings. The first-order valence-electron chi connectivity index (χ1n) is 20.2. The van der Waals surface area contributed by atoms with Crippen LogP contribution in [0.25, 0.3) is 41.1 Å². The predicted molar refractivity (Wildman–Crippen MR) is 229 cm³/mol. The highest BCUT2D eigenvalue weighted by Crippen LogP contribution is 2.50. The van der Waals surface area contributed by atoms with Gasteiger partial charge in [-0.1, -0.05) is 150 Å². The lowest BCUT2D eigenvalue weighted by Crippen LogP contribution is -2.04. The first kappa shape index (κ1) is 38.8. The summed E-state index contributed by atoms with van der Waals surface area (Å²) >= 11 is 8.00. The highest BCUT2D eigenvalue weighted by Gasteiger charge is 2.22. The number of rotatable bonds is 25. The van der Waals surface area contributed by atoms with Crippen molar-refractivity contribution in [3.63, 3.8) is 0 Å². The number of thiophene rings is 4. The van der Waals surface area contributed by atoms with E-state index in [1.807, 2.05) is 22.7 Å². The summed E-state index contributed by atoms with van der Waals surface area (Å²) in [5.41, 5.74) is 2.97. The third-order valence-electron chi connectivity index (χ3n) is 10.7. The van der Waals surface area contributed by atoms with Crippen LogP contribution < -0.4 is 0 Å². The molecule has 0 bridgehead atoms. The van der Waals surface area contributed by atoms with Gasteiger partial charge in [-0.3, -0.25) is 0 Å². The number of hydrogen-bond acceptors (Lipinski definition) is 4. The quantitative estimate of drug-likeness (QED) is 0.0524. The minimum absolute atomic E-state index is 0.753. The second kappa shape index (κ2) is 21.2. The molecule has 0 nitrogen and oxygen atoms in total. The van der Waals surface area contributed by atoms with E-state index >= 15 is 0 Å². The van der Waals surface area contributed by atoms with Gasteiger partial charge in [0.1, 0.15) is 0 Å². The fourth-order valence-electron chi connectivity index (χ4n) is 7.81. The summed E-state index contributed by atoms with van der Waals surface area (Å²) in [5.74, 6) is 1.58. The smallest absolute Gasteiger partial charge is 0.0528 e. The van der Waals surface area contributed by atoms with Crippen molar-refractivity contribution in [1.82, 2.24) is 0 Å². The van der Waals surface area contributed by atoms with E-state index in [1.54, 1.807) is 9.75 Å². The van der Waals surface area contributed by atoms with Crippen molar-refractivity contribution in [2.24, 2.45) is 11.8 Å². The lowest BCUT2D eigenvalue weighted by Gasteiger charge is -2.16. The van der Waals surface area contributed by atoms with Gasteiger partial charge in [0, 0.05) is 41.4 Å². The Morgan fingerprint density at radius 1 is 0.469 bits per heavy atom. The van der Waals surface area contributed by atoms with E-state index in [2.05, 4.69) is 97.5 Å². The predicted octanol–water partition coefficient (Wildman–Crippen LogP) is 17.4. The van der Waals surface area contributed by atoms with E-state index in [0.29, 0.717) is 0 Å². The molecule has 0 saturated heterocycles. The number of benzene rings is 1. The van der Waals surface area contributed by atoms with Crippen LogP contribution in [0.2, 0.25) is 0 Å². The van der Waals surface area contributed by atoms with E-state index < -0.39 is 0 Å². The fraction of sp³-hybridized carbons (Fsp3) is 0.600. The monoisotopic (exact) mass is 732 g/mol. The summed E-state index contributed by atoms with van der Waals surface area (Å²) < 4.78 is 2.94. The summed E-state index contributed by atoms with van der Waals surface area (Å²) in [4.78, 5) is 6.08. The zero-order valence-electron chi connectivity index (χ0n) is 31.3. The topological polar surface area (TPSA) is 0 Å². The summed E-state index contributed by atoms with van der Waals surface area (Å²) in [6.45, 7) is 9.44. The first-order chi connectivity index (χ1) is 24.1. The van der Waals surface area contributed by atoms with Crippen molar-refractivity contribution in [3.8, 4) is 20.9 Å². The highest BCUT2D eigenvalue weighted by atomic mass is 32.1. The maximum Gasteiger partial charge on any atom is 0.0528 e. The van der Waals surface area contributed by atoms with E-state index in [0.717, 1.165) is 11.8 Å². The van der Waals surface area contributed by atoms with Crippen LogP contribution in [0.15, 0.2) is 47.2 Å². The van der Waals surface area contributed by atoms with Gasteiger partial charge in [-0.2, -0.15) is 0 Å². The average Bonchev–Trinajstić information content (AvgIpc) is 3.93. The van der Waals surface area contributed by atoms with Crippen molar-refractivity contribution in [3.05, 3.63) is 56.9 Å². The SMILES string of the molecule is CCCCCCCCC(C)Cc1ccc(-c2c(-c3ccc(CC(CCCCCC)CCCCCCCC)s3)c3ccsc3c3sccc23)s1. The lowest BCUT2D eigenvalue weighted by atomic mass is 9.91. The standard InChI is InChI=1S/C45H64S4/c1-5-8-11-14-16-18-21-34(4)32-36-24-26-40(48-36)42-38-28-30-46-44(38)45-39(29-31-47-45)43(42)41-27-25-37(49-41)33-35(22-19-13-10-7-3)23-20-17-15-12-9-6-2/h24-31,34-35H,5-23,32-33H2,1-4H3. The van der Waals surface area contributed by atoms with Gasteiger partial charge in [0.25, 0.3) is 0 Å². The molecule has 0 N–H and O–H groups in total. The van der Waals surface area contributed by atoms with Crippen molar-refractivity contribution in [1.29, 1.82) is 0 Å². The van der Waals surface area contributed by atoms with Crippen LogP contribution in [-0.4, -0.2) is 0 Å². The Hall–Kier alpha value is -1.46. The van der Waals surface area contributed by atoms with Crippen molar-refractivity contribution >= 4 is 65.5 Å². The van der Waals surface area contributed by atoms with Gasteiger partial charge in [-0.15, -0.1) is 45.3 Å². The van der Waals surface area contributed by atoms with Crippen molar-refractivity contribution in [2.75, 3.05) is 0 Å². The maximum atomic E-state index is 2.49. The zero-order chi connectivity index (χ0) is 34.3. The molecule has 4 heteroatoms. The Kier molecular flexibility index (Phi) is 16.7. The van der Waals surface area contributed by atoms with Crippen molar-refractivity contribution < 1.29 is 0 Å². The molecular formula is C45H64S4. The summed E-state index contributed by atoms with van der Waals surface area (Å²) in [6, 6.07) is 14.7. The molecule has 4 aromatic heterocycles. The molecule has 4 heterocycles. The second-order valence-corrected chi connectivity index (χ2v) is 19.1. The molecular weight excluding hydrogens is 669 g/mol. The fourth-order valence-corrected chi connectivity index (χ4v) is 12.2. The Labute approximate surface area is 315 Å². The third-order valence-corrected chi connectivity index (χ3v) is 14.9. The van der Waals surface area contributed by atoms with Crippen LogP contribution in [0, 0.1) is 11.8 Å². The highest BCUT2D eigenvalue weighted by molar-refractivity contribution is 7.26. The average molecular weight is 733 g/mol. The molecule has 5 rings (SSSR count). The lowest BCUT2D eigenvalue weighted by molar-refractivity contribution is 0.404. The summed E-state index contributed by atoms with van der Waals surface area (Å²) in [5, 5.41) is 7.55. The molecule has 0 aliphatic heterocycles.